The molecule has 0 bridgehead atoms. The molecule has 0 fully saturated rings. The van der Waals surface area contributed by atoms with Crippen LogP contribution in [0.15, 0.2) is 42.6 Å². The Morgan fingerprint density at radius 3 is 2.48 bits per heavy atom. The van der Waals surface area contributed by atoms with E-state index >= 15 is 0 Å². The topological polar surface area (TPSA) is 71.5 Å². The van der Waals surface area contributed by atoms with Gasteiger partial charge in [-0.2, -0.15) is 0 Å². The largest absolute Gasteiger partial charge is 0.481 e. The summed E-state index contributed by atoms with van der Waals surface area (Å²) in [6, 6.07) is 9.06. The fourth-order valence-corrected chi connectivity index (χ4v) is 2.17. The third-order valence-corrected chi connectivity index (χ3v) is 3.60. The zero-order chi connectivity index (χ0) is 18.2. The Hall–Kier alpha value is -2.96. The third-order valence-electron chi connectivity index (χ3n) is 3.60. The number of nitrogens with zero attached hydrogens (tertiary/aromatic N) is 2. The average Bonchev–Trinajstić information content (AvgIpc) is 2.65. The first-order chi connectivity index (χ1) is 12.0. The van der Waals surface area contributed by atoms with Crippen LogP contribution in [0.4, 0.5) is 4.39 Å². The van der Waals surface area contributed by atoms with Crippen LogP contribution in [0.25, 0.3) is 0 Å². The van der Waals surface area contributed by atoms with Gasteiger partial charge in [-0.05, 0) is 30.7 Å². The van der Waals surface area contributed by atoms with Gasteiger partial charge in [0.25, 0.3) is 5.91 Å². The van der Waals surface area contributed by atoms with E-state index in [2.05, 4.69) is 10.3 Å². The fraction of sp³-hybridized carbons (Fsp3) is 0.278. The molecule has 132 valence electrons. The molecule has 2 amide bonds. The molecule has 0 spiro atoms. The maximum absolute atomic E-state index is 12.9. The minimum absolute atomic E-state index is 0.0669. The van der Waals surface area contributed by atoms with Gasteiger partial charge in [-0.15, -0.1) is 0 Å². The van der Waals surface area contributed by atoms with Crippen LogP contribution in [-0.4, -0.2) is 41.9 Å². The smallest absolute Gasteiger partial charge is 0.255 e. The van der Waals surface area contributed by atoms with Crippen LogP contribution in [0.5, 0.6) is 5.88 Å². The molecule has 6 nitrogen and oxygen atoms in total. The summed E-state index contributed by atoms with van der Waals surface area (Å²) in [6.07, 6.45) is 1.42. The number of pyridine rings is 1. The quantitative estimate of drug-likeness (QED) is 0.833. The van der Waals surface area contributed by atoms with Crippen molar-refractivity contribution < 1.29 is 18.7 Å². The summed E-state index contributed by atoms with van der Waals surface area (Å²) < 4.78 is 17.8. The number of likely N-dealkylation sites (N-methyl/N-ethyl adjacent to an activating group) is 1. The molecule has 1 N–H and O–H groups in total. The number of carbonyl (C=O) groups excluding carboxylic acids is 2. The molecule has 0 saturated carbocycles. The molecule has 2 rings (SSSR count). The van der Waals surface area contributed by atoms with Crippen molar-refractivity contribution in [3.63, 3.8) is 0 Å². The second-order valence-corrected chi connectivity index (χ2v) is 5.31. The number of methoxy groups -OCH3 is 1. The van der Waals surface area contributed by atoms with Gasteiger partial charge in [0.15, 0.2) is 0 Å². The Labute approximate surface area is 145 Å². The molecule has 0 unspecified atom stereocenters. The van der Waals surface area contributed by atoms with E-state index in [9.17, 15) is 14.0 Å². The lowest BCUT2D eigenvalue weighted by atomic mass is 10.2. The Balaban J connectivity index is 1.91. The Morgan fingerprint density at radius 2 is 1.92 bits per heavy atom. The number of halogens is 1. The number of nitrogens with one attached hydrogen (secondary N) is 1. The van der Waals surface area contributed by atoms with E-state index in [1.807, 2.05) is 0 Å². The number of benzene rings is 1. The number of carbonyl (C=O) groups is 2. The lowest BCUT2D eigenvalue weighted by Gasteiger charge is -2.20. The standard InChI is InChI=1S/C18H20FN3O3/c1-3-22(18(24)14-6-9-17(25-2)21-11-14)12-16(23)20-10-13-4-7-15(19)8-5-13/h4-9,11H,3,10,12H2,1-2H3,(H,20,23). The van der Waals surface area contributed by atoms with Crippen molar-refractivity contribution in [3.05, 3.63) is 59.5 Å². The summed E-state index contributed by atoms with van der Waals surface area (Å²) in [7, 11) is 1.49. The van der Waals surface area contributed by atoms with E-state index < -0.39 is 0 Å². The van der Waals surface area contributed by atoms with Crippen molar-refractivity contribution in [2.24, 2.45) is 0 Å². The van der Waals surface area contributed by atoms with Crippen molar-refractivity contribution in [2.45, 2.75) is 13.5 Å². The van der Waals surface area contributed by atoms with E-state index in [1.165, 1.54) is 30.3 Å². The van der Waals surface area contributed by atoms with Crippen molar-refractivity contribution in [1.29, 1.82) is 0 Å². The van der Waals surface area contributed by atoms with Crippen LogP contribution in [0, 0.1) is 5.82 Å². The molecule has 1 aromatic heterocycles. The Kier molecular flexibility index (Phi) is 6.45. The van der Waals surface area contributed by atoms with Crippen LogP contribution in [0.1, 0.15) is 22.8 Å². The van der Waals surface area contributed by atoms with Gasteiger partial charge in [0.2, 0.25) is 11.8 Å². The van der Waals surface area contributed by atoms with E-state index in [0.29, 0.717) is 18.0 Å². The summed E-state index contributed by atoms with van der Waals surface area (Å²) in [5, 5.41) is 2.72. The number of ether oxygens (including phenoxy) is 1. The van der Waals surface area contributed by atoms with Gasteiger partial charge in [0.05, 0.1) is 19.2 Å². The minimum atomic E-state index is -0.328. The summed E-state index contributed by atoms with van der Waals surface area (Å²) in [4.78, 5) is 29.9. The molecular formula is C18H20FN3O3. The van der Waals surface area contributed by atoms with Crippen molar-refractivity contribution in [1.82, 2.24) is 15.2 Å². The predicted molar refractivity (Wildman–Crippen MR) is 90.6 cm³/mol. The lowest BCUT2D eigenvalue weighted by Crippen LogP contribution is -2.40. The van der Waals surface area contributed by atoms with E-state index in [0.717, 1.165) is 5.56 Å². The van der Waals surface area contributed by atoms with E-state index in [4.69, 9.17) is 4.74 Å². The number of amides is 2. The van der Waals surface area contributed by atoms with Gasteiger partial charge >= 0.3 is 0 Å². The second kappa shape index (κ2) is 8.77. The van der Waals surface area contributed by atoms with Crippen LogP contribution < -0.4 is 10.1 Å². The molecule has 1 heterocycles. The number of aromatic nitrogens is 1. The number of hydrogen-bond acceptors (Lipinski definition) is 4. The lowest BCUT2D eigenvalue weighted by molar-refractivity contribution is -0.121. The van der Waals surface area contributed by atoms with Crippen LogP contribution in [0.2, 0.25) is 0 Å². The predicted octanol–water partition coefficient (Wildman–Crippen LogP) is 2.01. The van der Waals surface area contributed by atoms with Crippen LogP contribution in [0.3, 0.4) is 0 Å². The van der Waals surface area contributed by atoms with Gasteiger partial charge in [-0.1, -0.05) is 12.1 Å². The van der Waals surface area contributed by atoms with Crippen LogP contribution in [-0.2, 0) is 11.3 Å². The molecule has 1 aromatic carbocycles. The van der Waals surface area contributed by atoms with Crippen molar-refractivity contribution in [3.8, 4) is 5.88 Å². The normalized spacial score (nSPS) is 10.2. The zero-order valence-electron chi connectivity index (χ0n) is 14.2. The van der Waals surface area contributed by atoms with Crippen molar-refractivity contribution in [2.75, 3.05) is 20.2 Å². The third kappa shape index (κ3) is 5.27. The molecule has 0 atom stereocenters. The highest BCUT2D eigenvalue weighted by molar-refractivity contribution is 5.96. The molecule has 0 aliphatic carbocycles. The van der Waals surface area contributed by atoms with Gasteiger partial charge in [0, 0.05) is 25.4 Å². The summed E-state index contributed by atoms with van der Waals surface area (Å²) in [5.41, 5.74) is 1.16. The second-order valence-electron chi connectivity index (χ2n) is 5.31. The average molecular weight is 345 g/mol. The van der Waals surface area contributed by atoms with E-state index in [1.54, 1.807) is 31.2 Å². The Bertz CT molecular complexity index is 717. The van der Waals surface area contributed by atoms with E-state index in [-0.39, 0.29) is 30.7 Å². The highest BCUT2D eigenvalue weighted by Crippen LogP contribution is 2.09. The molecule has 0 radical (unpaired) electrons. The summed E-state index contributed by atoms with van der Waals surface area (Å²) in [5.74, 6) is -0.488. The molecule has 0 aliphatic rings. The molecule has 2 aromatic rings. The Morgan fingerprint density at radius 1 is 1.20 bits per heavy atom. The number of hydrogen-bond donors (Lipinski definition) is 1. The maximum atomic E-state index is 12.9. The molecule has 0 aliphatic heterocycles. The van der Waals surface area contributed by atoms with Crippen LogP contribution >= 0.6 is 0 Å². The minimum Gasteiger partial charge on any atom is -0.481 e. The first-order valence-electron chi connectivity index (χ1n) is 7.84. The first-order valence-corrected chi connectivity index (χ1v) is 7.84. The summed E-state index contributed by atoms with van der Waals surface area (Å²) >= 11 is 0. The fourth-order valence-electron chi connectivity index (χ4n) is 2.17. The van der Waals surface area contributed by atoms with Crippen molar-refractivity contribution >= 4 is 11.8 Å². The maximum Gasteiger partial charge on any atom is 0.255 e. The van der Waals surface area contributed by atoms with Gasteiger partial charge in [-0.3, -0.25) is 9.59 Å². The summed E-state index contributed by atoms with van der Waals surface area (Å²) in [6.45, 7) is 2.38. The highest BCUT2D eigenvalue weighted by atomic mass is 19.1. The monoisotopic (exact) mass is 345 g/mol. The SMILES string of the molecule is CCN(CC(=O)NCc1ccc(F)cc1)C(=O)c1ccc(OC)nc1. The van der Waals surface area contributed by atoms with Gasteiger partial charge in [-0.25, -0.2) is 9.37 Å². The molecule has 0 saturated heterocycles. The van der Waals surface area contributed by atoms with Gasteiger partial charge in [0.1, 0.15) is 5.82 Å². The molecule has 7 heteroatoms. The first kappa shape index (κ1) is 18.4. The molecule has 25 heavy (non-hydrogen) atoms. The molecular weight excluding hydrogens is 325 g/mol. The zero-order valence-corrected chi connectivity index (χ0v) is 14.2. The van der Waals surface area contributed by atoms with Gasteiger partial charge < -0.3 is 15.0 Å². The highest BCUT2D eigenvalue weighted by Gasteiger charge is 2.17. The number of rotatable bonds is 7.